The Morgan fingerprint density at radius 2 is 0.770 bits per heavy atom. The highest BCUT2D eigenvalue weighted by molar-refractivity contribution is 5.78. The van der Waals surface area contributed by atoms with Gasteiger partial charge in [-0.25, -0.2) is 0 Å². The fourth-order valence-electron chi connectivity index (χ4n) is 8.03. The SMILES string of the molecule is CCCc1cc(/C=C/c2ccc(/C=C/c3cc(CCC)c(C4OCC(C)(C)CO4)cc3CCC)cc2)c(CCC)cc1/C=C/c1ccc(/C=C/c2ccc(N(C)C)cc2)cc1. The number of nitrogens with zero attached hydrogens (tertiary/aromatic N) is 1. The lowest BCUT2D eigenvalue weighted by Crippen LogP contribution is -2.34. The summed E-state index contributed by atoms with van der Waals surface area (Å²) in [5, 5.41) is 0. The smallest absolute Gasteiger partial charge is 0.184 e. The molecule has 0 atom stereocenters. The zero-order valence-corrected chi connectivity index (χ0v) is 38.3. The Morgan fingerprint density at radius 1 is 0.459 bits per heavy atom. The van der Waals surface area contributed by atoms with Crippen LogP contribution in [0.5, 0.6) is 0 Å². The van der Waals surface area contributed by atoms with Gasteiger partial charge in [0.05, 0.1) is 13.2 Å². The van der Waals surface area contributed by atoms with Crippen LogP contribution in [-0.2, 0) is 35.2 Å². The van der Waals surface area contributed by atoms with Gasteiger partial charge >= 0.3 is 0 Å². The van der Waals surface area contributed by atoms with Crippen LogP contribution in [0.1, 0.15) is 146 Å². The van der Waals surface area contributed by atoms with Gasteiger partial charge in [0.15, 0.2) is 6.29 Å². The van der Waals surface area contributed by atoms with E-state index in [-0.39, 0.29) is 11.7 Å². The van der Waals surface area contributed by atoms with Crippen molar-refractivity contribution in [2.75, 3.05) is 32.2 Å². The van der Waals surface area contributed by atoms with Crippen molar-refractivity contribution in [3.63, 3.8) is 0 Å². The molecular weight excluding hydrogens is 743 g/mol. The molecule has 0 N–H and O–H groups in total. The molecule has 0 aromatic heterocycles. The Labute approximate surface area is 368 Å². The van der Waals surface area contributed by atoms with E-state index in [9.17, 15) is 0 Å². The Bertz CT molecular complexity index is 2280. The topological polar surface area (TPSA) is 21.7 Å². The minimum atomic E-state index is -0.282. The van der Waals surface area contributed by atoms with Crippen LogP contribution in [0.25, 0.3) is 48.6 Å². The maximum absolute atomic E-state index is 6.27. The molecule has 6 rings (SSSR count). The first-order valence-electron chi connectivity index (χ1n) is 22.8. The summed E-state index contributed by atoms with van der Waals surface area (Å²) < 4.78 is 12.5. The summed E-state index contributed by atoms with van der Waals surface area (Å²) in [4.78, 5) is 2.12. The molecular formula is C58H69NO2. The second kappa shape index (κ2) is 22.0. The van der Waals surface area contributed by atoms with E-state index >= 15 is 0 Å². The van der Waals surface area contributed by atoms with E-state index in [1.165, 1.54) is 78.0 Å². The Hall–Kier alpha value is -5.22. The lowest BCUT2D eigenvalue weighted by atomic mass is 9.91. The van der Waals surface area contributed by atoms with E-state index in [1.54, 1.807) is 0 Å². The summed E-state index contributed by atoms with van der Waals surface area (Å²) in [7, 11) is 4.14. The molecule has 0 unspecified atom stereocenters. The Balaban J connectivity index is 1.15. The van der Waals surface area contributed by atoms with Gasteiger partial charge < -0.3 is 14.4 Å². The minimum Gasteiger partial charge on any atom is -0.378 e. The van der Waals surface area contributed by atoms with Gasteiger partial charge in [0.1, 0.15) is 0 Å². The molecule has 0 bridgehead atoms. The van der Waals surface area contributed by atoms with Gasteiger partial charge in [-0.3, -0.25) is 0 Å². The molecule has 61 heavy (non-hydrogen) atoms. The van der Waals surface area contributed by atoms with Crippen LogP contribution in [0.3, 0.4) is 0 Å². The van der Waals surface area contributed by atoms with Gasteiger partial charge in [-0.2, -0.15) is 0 Å². The number of aryl methyl sites for hydroxylation is 4. The second-order valence-electron chi connectivity index (χ2n) is 17.8. The molecule has 3 heteroatoms. The molecule has 1 aliphatic rings. The predicted molar refractivity (Wildman–Crippen MR) is 267 cm³/mol. The summed E-state index contributed by atoms with van der Waals surface area (Å²) in [6, 6.07) is 36.0. The number of hydrogen-bond acceptors (Lipinski definition) is 3. The van der Waals surface area contributed by atoms with Crippen molar-refractivity contribution < 1.29 is 9.47 Å². The van der Waals surface area contributed by atoms with Crippen molar-refractivity contribution in [1.29, 1.82) is 0 Å². The molecule has 0 amide bonds. The van der Waals surface area contributed by atoms with Gasteiger partial charge in [0.2, 0.25) is 0 Å². The monoisotopic (exact) mass is 812 g/mol. The van der Waals surface area contributed by atoms with Crippen LogP contribution in [0, 0.1) is 5.41 Å². The molecule has 1 heterocycles. The fourth-order valence-corrected chi connectivity index (χ4v) is 8.03. The standard InChI is InChI=1S/C58H69NO2/c1-9-13-48-38-52(49(14-10-2)37-51(48)32-27-44-20-17-43(18-21-44)19-26-47-30-35-55(36-31-47)59(7)8)33-28-45-22-24-46(25-23-45)29-34-53-39-54(16-12-4)56(40-50(53)15-11-3)57-60-41-58(5,6)42-61-57/h17-40,57H,9-16,41-42H2,1-8H3/b26-19+,32-27+,33-28+,34-29+. The first kappa shape index (κ1) is 45.3. The van der Waals surface area contributed by atoms with E-state index in [0.29, 0.717) is 13.2 Å². The highest BCUT2D eigenvalue weighted by Crippen LogP contribution is 2.35. The molecule has 5 aromatic carbocycles. The number of hydrogen-bond donors (Lipinski definition) is 0. The van der Waals surface area contributed by atoms with Crippen LogP contribution in [0.2, 0.25) is 0 Å². The zero-order valence-electron chi connectivity index (χ0n) is 38.3. The summed E-state index contributed by atoms with van der Waals surface area (Å²) >= 11 is 0. The van der Waals surface area contributed by atoms with Crippen molar-refractivity contribution in [3.05, 3.63) is 169 Å². The molecule has 318 valence electrons. The van der Waals surface area contributed by atoms with Crippen molar-refractivity contribution in [2.45, 2.75) is 99.2 Å². The van der Waals surface area contributed by atoms with Crippen LogP contribution >= 0.6 is 0 Å². The summed E-state index contributed by atoms with van der Waals surface area (Å²) in [5.74, 6) is 0. The van der Waals surface area contributed by atoms with Gasteiger partial charge in [-0.15, -0.1) is 0 Å². The van der Waals surface area contributed by atoms with Gasteiger partial charge in [-0.05, 0) is 111 Å². The van der Waals surface area contributed by atoms with Crippen LogP contribution in [-0.4, -0.2) is 27.3 Å². The van der Waals surface area contributed by atoms with Crippen molar-refractivity contribution in [1.82, 2.24) is 0 Å². The van der Waals surface area contributed by atoms with Gasteiger partial charge in [0.25, 0.3) is 0 Å². The first-order chi connectivity index (χ1) is 29.6. The van der Waals surface area contributed by atoms with E-state index in [4.69, 9.17) is 9.47 Å². The number of ether oxygens (including phenoxy) is 2. The number of rotatable bonds is 18. The molecule has 3 nitrogen and oxygen atoms in total. The highest BCUT2D eigenvalue weighted by Gasteiger charge is 2.30. The Kier molecular flexibility index (Phi) is 16.4. The molecule has 1 fully saturated rings. The number of anilines is 1. The summed E-state index contributed by atoms with van der Waals surface area (Å²) in [5.41, 5.74) is 17.9. The van der Waals surface area contributed by atoms with E-state index < -0.39 is 0 Å². The van der Waals surface area contributed by atoms with Crippen LogP contribution in [0.15, 0.2) is 97.1 Å². The third-order valence-electron chi connectivity index (χ3n) is 11.5. The average Bonchev–Trinajstić information content (AvgIpc) is 3.26. The molecule has 5 aromatic rings. The molecule has 1 saturated heterocycles. The van der Waals surface area contributed by atoms with Gasteiger partial charge in [-0.1, -0.05) is 195 Å². The van der Waals surface area contributed by atoms with Crippen molar-refractivity contribution in [3.8, 4) is 0 Å². The van der Waals surface area contributed by atoms with Crippen LogP contribution in [0.4, 0.5) is 5.69 Å². The van der Waals surface area contributed by atoms with E-state index in [0.717, 1.165) is 51.4 Å². The van der Waals surface area contributed by atoms with Crippen LogP contribution < -0.4 is 4.90 Å². The van der Waals surface area contributed by atoms with Crippen molar-refractivity contribution in [2.24, 2.45) is 5.41 Å². The van der Waals surface area contributed by atoms with Crippen molar-refractivity contribution >= 4 is 54.3 Å². The summed E-state index contributed by atoms with van der Waals surface area (Å²) in [6.45, 7) is 14.9. The summed E-state index contributed by atoms with van der Waals surface area (Å²) in [6.07, 6.45) is 26.3. The zero-order chi connectivity index (χ0) is 43.2. The third-order valence-corrected chi connectivity index (χ3v) is 11.5. The second-order valence-corrected chi connectivity index (χ2v) is 17.8. The lowest BCUT2D eigenvalue weighted by Gasteiger charge is -2.35. The molecule has 1 aliphatic heterocycles. The molecule has 0 spiro atoms. The lowest BCUT2D eigenvalue weighted by molar-refractivity contribution is -0.226. The molecule has 0 aliphatic carbocycles. The van der Waals surface area contributed by atoms with E-state index in [1.807, 2.05) is 0 Å². The fraction of sp³-hybridized carbons (Fsp3) is 0.345. The molecule has 0 saturated carbocycles. The average molecular weight is 812 g/mol. The largest absolute Gasteiger partial charge is 0.378 e. The first-order valence-corrected chi connectivity index (χ1v) is 22.8. The Morgan fingerprint density at radius 3 is 1.13 bits per heavy atom. The maximum Gasteiger partial charge on any atom is 0.184 e. The highest BCUT2D eigenvalue weighted by atomic mass is 16.7. The maximum atomic E-state index is 6.27. The predicted octanol–water partition coefficient (Wildman–Crippen LogP) is 15.3. The third kappa shape index (κ3) is 12.9. The van der Waals surface area contributed by atoms with Gasteiger partial charge in [0, 0.05) is 30.8 Å². The number of benzene rings is 5. The quantitative estimate of drug-likeness (QED) is 0.0823. The normalized spacial score (nSPS) is 14.6. The minimum absolute atomic E-state index is 0.0519. The van der Waals surface area contributed by atoms with E-state index in [2.05, 4.69) is 206 Å². The molecule has 0 radical (unpaired) electrons.